The summed E-state index contributed by atoms with van der Waals surface area (Å²) in [6, 6.07) is 8.16. The highest BCUT2D eigenvalue weighted by atomic mass is 32.2. The van der Waals surface area contributed by atoms with Crippen molar-refractivity contribution in [3.63, 3.8) is 0 Å². The van der Waals surface area contributed by atoms with Crippen molar-refractivity contribution in [3.8, 4) is 0 Å². The van der Waals surface area contributed by atoms with Gasteiger partial charge in [0.2, 0.25) is 5.91 Å². The van der Waals surface area contributed by atoms with Gasteiger partial charge in [0.05, 0.1) is 17.9 Å². The Kier molecular flexibility index (Phi) is 6.52. The van der Waals surface area contributed by atoms with Crippen molar-refractivity contribution >= 4 is 28.6 Å². The summed E-state index contributed by atoms with van der Waals surface area (Å²) in [5.74, 6) is 1.59. The summed E-state index contributed by atoms with van der Waals surface area (Å²) in [7, 11) is 2.03. The van der Waals surface area contributed by atoms with E-state index in [4.69, 9.17) is 0 Å². The summed E-state index contributed by atoms with van der Waals surface area (Å²) < 4.78 is 2.10. The molecule has 2 heterocycles. The Morgan fingerprint density at radius 2 is 2.00 bits per heavy atom. The van der Waals surface area contributed by atoms with Gasteiger partial charge in [0.1, 0.15) is 0 Å². The average Bonchev–Trinajstić information content (AvgIpc) is 3.25. The summed E-state index contributed by atoms with van der Waals surface area (Å²) in [6.45, 7) is 5.63. The fraction of sp³-hybridized carbons (Fsp3) is 0.609. The number of aromatic nitrogens is 1. The molecule has 0 bridgehead atoms. The standard InChI is InChI=1S/C23H33N3O2S/c1-3-4-9-26-12-16-10-19(21(27)11-17(16)13-26)24-23(28)15-29-22-14-25(2)20-8-6-5-7-18(20)22/h5-8,14,16-17,19,21,27H,3-4,9-13,15H2,1-2H3,(H,24,28)/t16-,17+,19-,21-/m0/s1. The summed E-state index contributed by atoms with van der Waals surface area (Å²) >= 11 is 1.57. The molecular formula is C23H33N3O2S. The van der Waals surface area contributed by atoms with E-state index < -0.39 is 6.10 Å². The van der Waals surface area contributed by atoms with Crippen LogP contribution in [0.2, 0.25) is 0 Å². The lowest BCUT2D eigenvalue weighted by Gasteiger charge is -2.35. The van der Waals surface area contributed by atoms with Gasteiger partial charge in [0.15, 0.2) is 0 Å². The van der Waals surface area contributed by atoms with Crippen LogP contribution in [0.25, 0.3) is 10.9 Å². The molecule has 1 aromatic heterocycles. The average molecular weight is 416 g/mol. The normalized spacial score (nSPS) is 27.3. The zero-order valence-electron chi connectivity index (χ0n) is 17.5. The Hall–Kier alpha value is -1.50. The van der Waals surface area contributed by atoms with Gasteiger partial charge in [-0.3, -0.25) is 4.79 Å². The van der Waals surface area contributed by atoms with Crippen molar-refractivity contribution in [2.45, 2.75) is 49.6 Å². The number of aliphatic hydroxyl groups is 1. The van der Waals surface area contributed by atoms with Crippen LogP contribution in [-0.2, 0) is 11.8 Å². The molecule has 6 heteroatoms. The quantitative estimate of drug-likeness (QED) is 0.682. The van der Waals surface area contributed by atoms with Crippen molar-refractivity contribution < 1.29 is 9.90 Å². The predicted octanol–water partition coefficient (Wildman–Crippen LogP) is 3.26. The number of fused-ring (bicyclic) bond motifs is 2. The molecule has 1 amide bonds. The third kappa shape index (κ3) is 4.65. The van der Waals surface area contributed by atoms with E-state index >= 15 is 0 Å². The fourth-order valence-electron chi connectivity index (χ4n) is 5.06. The third-order valence-electron chi connectivity index (χ3n) is 6.61. The Labute approximate surface area is 177 Å². The van der Waals surface area contributed by atoms with E-state index in [2.05, 4.69) is 40.0 Å². The number of rotatable bonds is 7. The minimum Gasteiger partial charge on any atom is -0.391 e. The number of aliphatic hydroxyl groups excluding tert-OH is 1. The van der Waals surface area contributed by atoms with Gasteiger partial charge in [-0.15, -0.1) is 11.8 Å². The van der Waals surface area contributed by atoms with Crippen LogP contribution in [0.4, 0.5) is 0 Å². The van der Waals surface area contributed by atoms with Crippen LogP contribution in [0.5, 0.6) is 0 Å². The number of amides is 1. The second kappa shape index (κ2) is 9.11. The molecule has 1 saturated carbocycles. The third-order valence-corrected chi connectivity index (χ3v) is 7.65. The number of nitrogens with zero attached hydrogens (tertiary/aromatic N) is 2. The van der Waals surface area contributed by atoms with E-state index in [1.807, 2.05) is 19.2 Å². The fourth-order valence-corrected chi connectivity index (χ4v) is 5.99. The molecule has 2 aromatic rings. The summed E-state index contributed by atoms with van der Waals surface area (Å²) in [4.78, 5) is 16.3. The van der Waals surface area contributed by atoms with E-state index in [0.717, 1.165) is 37.4 Å². The van der Waals surface area contributed by atoms with Crippen LogP contribution in [-0.4, -0.2) is 58.0 Å². The highest BCUT2D eigenvalue weighted by Crippen LogP contribution is 2.37. The zero-order valence-corrected chi connectivity index (χ0v) is 18.3. The van der Waals surface area contributed by atoms with Crippen molar-refractivity contribution in [2.24, 2.45) is 18.9 Å². The lowest BCUT2D eigenvalue weighted by molar-refractivity contribution is -0.120. The number of likely N-dealkylation sites (tertiary alicyclic amines) is 1. The lowest BCUT2D eigenvalue weighted by Crippen LogP contribution is -2.49. The molecule has 1 saturated heterocycles. The number of aryl methyl sites for hydroxylation is 1. The van der Waals surface area contributed by atoms with E-state index in [9.17, 15) is 9.90 Å². The number of unbranched alkanes of at least 4 members (excludes halogenated alkanes) is 1. The molecule has 4 atom stereocenters. The predicted molar refractivity (Wildman–Crippen MR) is 119 cm³/mol. The molecule has 1 aliphatic heterocycles. The molecule has 0 unspecified atom stereocenters. The smallest absolute Gasteiger partial charge is 0.230 e. The van der Waals surface area contributed by atoms with Gasteiger partial charge >= 0.3 is 0 Å². The molecule has 29 heavy (non-hydrogen) atoms. The van der Waals surface area contributed by atoms with Crippen LogP contribution in [0, 0.1) is 11.8 Å². The first-order valence-electron chi connectivity index (χ1n) is 10.9. The van der Waals surface area contributed by atoms with Gasteiger partial charge in [-0.05, 0) is 43.7 Å². The first-order chi connectivity index (χ1) is 14.0. The summed E-state index contributed by atoms with van der Waals surface area (Å²) in [5.41, 5.74) is 1.18. The molecule has 2 aliphatic rings. The Morgan fingerprint density at radius 1 is 1.24 bits per heavy atom. The van der Waals surface area contributed by atoms with Gasteiger partial charge in [-0.2, -0.15) is 0 Å². The van der Waals surface area contributed by atoms with Gasteiger partial charge in [0, 0.05) is 42.1 Å². The second-order valence-electron chi connectivity index (χ2n) is 8.76. The first-order valence-corrected chi connectivity index (χ1v) is 11.9. The molecule has 1 aliphatic carbocycles. The van der Waals surface area contributed by atoms with Crippen LogP contribution in [0.15, 0.2) is 35.4 Å². The van der Waals surface area contributed by atoms with Crippen LogP contribution < -0.4 is 5.32 Å². The molecule has 4 rings (SSSR count). The Balaban J connectivity index is 1.30. The van der Waals surface area contributed by atoms with Crippen LogP contribution >= 0.6 is 11.8 Å². The topological polar surface area (TPSA) is 57.5 Å². The molecule has 158 valence electrons. The Bertz CT molecular complexity index is 852. The molecule has 0 spiro atoms. The van der Waals surface area contributed by atoms with Crippen molar-refractivity contribution in [1.82, 2.24) is 14.8 Å². The minimum absolute atomic E-state index is 0.0197. The highest BCUT2D eigenvalue weighted by molar-refractivity contribution is 8.00. The number of carbonyl (C=O) groups is 1. The Morgan fingerprint density at radius 3 is 2.79 bits per heavy atom. The number of hydrogen-bond acceptors (Lipinski definition) is 4. The van der Waals surface area contributed by atoms with Crippen LogP contribution in [0.3, 0.4) is 0 Å². The number of thioether (sulfide) groups is 1. The number of carbonyl (C=O) groups excluding carboxylic acids is 1. The van der Waals surface area contributed by atoms with Gasteiger partial charge in [-0.1, -0.05) is 31.5 Å². The van der Waals surface area contributed by atoms with Crippen molar-refractivity contribution in [3.05, 3.63) is 30.5 Å². The lowest BCUT2D eigenvalue weighted by atomic mass is 9.77. The molecule has 0 radical (unpaired) electrons. The largest absolute Gasteiger partial charge is 0.391 e. The molecule has 1 aromatic carbocycles. The van der Waals surface area contributed by atoms with Gasteiger partial charge < -0.3 is 19.9 Å². The van der Waals surface area contributed by atoms with E-state index in [-0.39, 0.29) is 11.9 Å². The number of benzene rings is 1. The molecule has 5 nitrogen and oxygen atoms in total. The highest BCUT2D eigenvalue weighted by Gasteiger charge is 2.41. The van der Waals surface area contributed by atoms with Gasteiger partial charge in [0.25, 0.3) is 0 Å². The maximum atomic E-state index is 12.6. The van der Waals surface area contributed by atoms with Gasteiger partial charge in [-0.25, -0.2) is 0 Å². The second-order valence-corrected chi connectivity index (χ2v) is 9.77. The number of nitrogens with one attached hydrogen (secondary N) is 1. The maximum Gasteiger partial charge on any atom is 0.230 e. The van der Waals surface area contributed by atoms with E-state index in [1.54, 1.807) is 11.8 Å². The molecular weight excluding hydrogens is 382 g/mol. The van der Waals surface area contributed by atoms with Crippen molar-refractivity contribution in [2.75, 3.05) is 25.4 Å². The van der Waals surface area contributed by atoms with E-state index in [1.165, 1.54) is 23.7 Å². The maximum absolute atomic E-state index is 12.6. The van der Waals surface area contributed by atoms with Crippen LogP contribution in [0.1, 0.15) is 32.6 Å². The minimum atomic E-state index is -0.422. The number of hydrogen-bond donors (Lipinski definition) is 2. The van der Waals surface area contributed by atoms with E-state index in [0.29, 0.717) is 17.6 Å². The van der Waals surface area contributed by atoms with Crippen molar-refractivity contribution in [1.29, 1.82) is 0 Å². The monoisotopic (exact) mass is 415 g/mol. The summed E-state index contributed by atoms with van der Waals surface area (Å²) in [6.07, 6.45) is 5.85. The zero-order chi connectivity index (χ0) is 20.4. The molecule has 2 fully saturated rings. The number of para-hydroxylation sites is 1. The summed E-state index contributed by atoms with van der Waals surface area (Å²) in [5, 5.41) is 14.9. The molecule has 2 N–H and O–H groups in total. The SMILES string of the molecule is CCCCN1C[C@H]2C[C@H](O)[C@@H](NC(=O)CSc3cn(C)c4ccccc34)C[C@H]2C1. The first kappa shape index (κ1) is 20.8.